The van der Waals surface area contributed by atoms with E-state index < -0.39 is 0 Å². The molecule has 2 N–H and O–H groups in total. The van der Waals surface area contributed by atoms with Crippen molar-refractivity contribution >= 4 is 46.8 Å². The second-order valence-electron chi connectivity index (χ2n) is 6.68. The lowest BCUT2D eigenvalue weighted by Gasteiger charge is -2.02. The molecule has 0 bridgehead atoms. The molecule has 4 rings (SSSR count). The molecule has 0 saturated heterocycles. The average molecular weight is 419 g/mol. The highest BCUT2D eigenvalue weighted by Crippen LogP contribution is 2.14. The van der Waals surface area contributed by atoms with Crippen molar-refractivity contribution in [3.8, 4) is 0 Å². The number of aromatic amines is 2. The molecule has 0 unspecified atom stereocenters. The molecule has 12 heteroatoms. The molecule has 0 aliphatic rings. The highest BCUT2D eigenvalue weighted by molar-refractivity contribution is 7.71. The first-order valence-electron chi connectivity index (χ1n) is 8.50. The standard InChI is InChI=1S/C16H18N8O2S2/c1-21-11-9(13(27)23(3)15(21)25)17-7(19-11)5-6-8-18-10-12(20-8)22(2)16(26)24(4)14(10)28/h5-6H2,1-4H3,(H,17,19)(H,18,20). The number of aryl methyl sites for hydroxylation is 4. The zero-order chi connectivity index (χ0) is 20.3. The predicted molar refractivity (Wildman–Crippen MR) is 110 cm³/mol. The Morgan fingerprint density at radius 1 is 0.714 bits per heavy atom. The smallest absolute Gasteiger partial charge is 0.330 e. The number of nitrogens with one attached hydrogen (secondary N) is 2. The van der Waals surface area contributed by atoms with Crippen LogP contribution in [0.2, 0.25) is 0 Å². The number of fused-ring (bicyclic) bond motifs is 2. The summed E-state index contributed by atoms with van der Waals surface area (Å²) in [5.74, 6) is 1.39. The molecule has 0 radical (unpaired) electrons. The molecule has 0 atom stereocenters. The van der Waals surface area contributed by atoms with Gasteiger partial charge in [0.05, 0.1) is 0 Å². The van der Waals surface area contributed by atoms with Crippen molar-refractivity contribution in [2.75, 3.05) is 0 Å². The normalized spacial score (nSPS) is 11.7. The van der Waals surface area contributed by atoms with Crippen LogP contribution in [0.3, 0.4) is 0 Å². The molecule has 0 aromatic carbocycles. The van der Waals surface area contributed by atoms with Gasteiger partial charge in [0.2, 0.25) is 0 Å². The van der Waals surface area contributed by atoms with Crippen LogP contribution in [0.15, 0.2) is 9.59 Å². The molecular weight excluding hydrogens is 400 g/mol. The van der Waals surface area contributed by atoms with Crippen LogP contribution in [-0.4, -0.2) is 38.2 Å². The highest BCUT2D eigenvalue weighted by Gasteiger charge is 2.14. The minimum atomic E-state index is -0.223. The summed E-state index contributed by atoms with van der Waals surface area (Å²) in [6, 6.07) is 0. The van der Waals surface area contributed by atoms with Gasteiger partial charge in [0.25, 0.3) is 0 Å². The zero-order valence-corrected chi connectivity index (χ0v) is 17.4. The van der Waals surface area contributed by atoms with E-state index in [0.29, 0.717) is 56.1 Å². The van der Waals surface area contributed by atoms with Gasteiger partial charge in [-0.2, -0.15) is 0 Å². The second kappa shape index (κ2) is 6.34. The zero-order valence-electron chi connectivity index (χ0n) is 15.7. The third kappa shape index (κ3) is 2.59. The van der Waals surface area contributed by atoms with Gasteiger partial charge in [-0.05, 0) is 0 Å². The first-order valence-corrected chi connectivity index (χ1v) is 9.31. The Balaban J connectivity index is 1.72. The molecule has 4 aromatic rings. The van der Waals surface area contributed by atoms with Crippen LogP contribution in [0.1, 0.15) is 11.6 Å². The highest BCUT2D eigenvalue weighted by atomic mass is 32.1. The molecule has 10 nitrogen and oxygen atoms in total. The average Bonchev–Trinajstić information content (AvgIpc) is 3.30. The van der Waals surface area contributed by atoms with Crippen LogP contribution in [0.4, 0.5) is 0 Å². The van der Waals surface area contributed by atoms with Gasteiger partial charge in [0.15, 0.2) is 11.3 Å². The summed E-state index contributed by atoms with van der Waals surface area (Å²) in [6.07, 6.45) is 1.10. The van der Waals surface area contributed by atoms with Gasteiger partial charge in [-0.25, -0.2) is 19.6 Å². The van der Waals surface area contributed by atoms with Gasteiger partial charge in [0.1, 0.15) is 32.0 Å². The lowest BCUT2D eigenvalue weighted by Crippen LogP contribution is -2.27. The Morgan fingerprint density at radius 3 is 1.43 bits per heavy atom. The number of aromatic nitrogens is 8. The number of imidazole rings is 2. The molecule has 0 saturated carbocycles. The van der Waals surface area contributed by atoms with Crippen molar-refractivity contribution < 1.29 is 0 Å². The van der Waals surface area contributed by atoms with Gasteiger partial charge < -0.3 is 9.97 Å². The molecule has 4 heterocycles. The van der Waals surface area contributed by atoms with Gasteiger partial charge in [-0.15, -0.1) is 0 Å². The third-order valence-corrected chi connectivity index (χ3v) is 5.84. The topological polar surface area (TPSA) is 111 Å². The summed E-state index contributed by atoms with van der Waals surface area (Å²) in [6.45, 7) is 0. The molecule has 28 heavy (non-hydrogen) atoms. The first-order chi connectivity index (χ1) is 13.2. The summed E-state index contributed by atoms with van der Waals surface area (Å²) in [7, 11) is 6.59. The monoisotopic (exact) mass is 418 g/mol. The van der Waals surface area contributed by atoms with E-state index in [1.54, 1.807) is 28.2 Å². The molecule has 146 valence electrons. The first kappa shape index (κ1) is 18.5. The van der Waals surface area contributed by atoms with E-state index in [2.05, 4.69) is 19.9 Å². The molecule has 0 fully saturated rings. The van der Waals surface area contributed by atoms with Crippen molar-refractivity contribution in [2.24, 2.45) is 28.2 Å². The number of H-pyrrole nitrogens is 2. The Morgan fingerprint density at radius 2 is 1.07 bits per heavy atom. The number of nitrogens with zero attached hydrogens (tertiary/aromatic N) is 6. The lowest BCUT2D eigenvalue weighted by molar-refractivity contribution is 0.720. The summed E-state index contributed by atoms with van der Waals surface area (Å²) in [5.41, 5.74) is 1.91. The Kier molecular flexibility index (Phi) is 4.19. The molecule has 0 spiro atoms. The minimum absolute atomic E-state index is 0.223. The molecule has 0 aliphatic carbocycles. The van der Waals surface area contributed by atoms with Gasteiger partial charge in [0, 0.05) is 41.0 Å². The van der Waals surface area contributed by atoms with E-state index in [-0.39, 0.29) is 11.4 Å². The fourth-order valence-corrected chi connectivity index (χ4v) is 3.66. The number of hydrogen-bond donors (Lipinski definition) is 2. The molecule has 4 aromatic heterocycles. The summed E-state index contributed by atoms with van der Waals surface area (Å²) in [4.78, 5) is 39.7. The Hall–Kier alpha value is -2.86. The van der Waals surface area contributed by atoms with Crippen LogP contribution < -0.4 is 11.4 Å². The van der Waals surface area contributed by atoms with Crippen LogP contribution in [0.25, 0.3) is 22.3 Å². The molecular formula is C16H18N8O2S2. The van der Waals surface area contributed by atoms with Crippen molar-refractivity contribution in [2.45, 2.75) is 12.8 Å². The lowest BCUT2D eigenvalue weighted by atomic mass is 10.3. The number of hydrogen-bond acceptors (Lipinski definition) is 6. The summed E-state index contributed by atoms with van der Waals surface area (Å²) in [5, 5.41) is 0. The van der Waals surface area contributed by atoms with Crippen LogP contribution in [0.5, 0.6) is 0 Å². The van der Waals surface area contributed by atoms with E-state index in [9.17, 15) is 9.59 Å². The number of rotatable bonds is 3. The van der Waals surface area contributed by atoms with Crippen LogP contribution in [0, 0.1) is 9.28 Å². The maximum absolute atomic E-state index is 12.2. The second-order valence-corrected chi connectivity index (χ2v) is 7.45. The minimum Gasteiger partial charge on any atom is -0.338 e. The molecule has 0 aliphatic heterocycles. The van der Waals surface area contributed by atoms with Crippen LogP contribution >= 0.6 is 24.4 Å². The van der Waals surface area contributed by atoms with Gasteiger partial charge >= 0.3 is 11.4 Å². The largest absolute Gasteiger partial charge is 0.338 e. The van der Waals surface area contributed by atoms with Gasteiger partial charge in [-0.1, -0.05) is 24.4 Å². The maximum atomic E-state index is 12.2. The Bertz CT molecular complexity index is 1380. The summed E-state index contributed by atoms with van der Waals surface area (Å²) >= 11 is 10.7. The SMILES string of the molecule is Cn1c(=S)c2[nH]c(CCc3nc4c([nH]3)c(=S)n(C)c(=O)n4C)nc2n(C)c1=O. The summed E-state index contributed by atoms with van der Waals surface area (Å²) < 4.78 is 6.57. The van der Waals surface area contributed by atoms with Crippen molar-refractivity contribution in [3.63, 3.8) is 0 Å². The van der Waals surface area contributed by atoms with E-state index in [0.717, 1.165) is 0 Å². The fraction of sp³-hybridized carbons (Fsp3) is 0.375. The Labute approximate surface area is 168 Å². The van der Waals surface area contributed by atoms with Crippen LogP contribution in [-0.2, 0) is 41.0 Å². The van der Waals surface area contributed by atoms with Gasteiger partial charge in [-0.3, -0.25) is 18.3 Å². The van der Waals surface area contributed by atoms with E-state index in [4.69, 9.17) is 24.4 Å². The fourth-order valence-electron chi connectivity index (χ4n) is 3.22. The molecule has 0 amide bonds. The third-order valence-electron chi connectivity index (χ3n) is 4.89. The van der Waals surface area contributed by atoms with Crippen molar-refractivity contribution in [3.05, 3.63) is 41.9 Å². The van der Waals surface area contributed by atoms with Crippen molar-refractivity contribution in [1.29, 1.82) is 0 Å². The predicted octanol–water partition coefficient (Wildman–Crippen LogP) is 0.758. The maximum Gasteiger partial charge on any atom is 0.330 e. The van der Waals surface area contributed by atoms with E-state index >= 15 is 0 Å². The van der Waals surface area contributed by atoms with E-state index in [1.807, 2.05) is 0 Å². The van der Waals surface area contributed by atoms with Crippen molar-refractivity contribution in [1.82, 2.24) is 38.2 Å². The quantitative estimate of drug-likeness (QED) is 0.475. The van der Waals surface area contributed by atoms with E-state index in [1.165, 1.54) is 18.3 Å².